The molecule has 2 aliphatic carbocycles. The van der Waals surface area contributed by atoms with Crippen LogP contribution in [0.4, 0.5) is 0 Å². The minimum Gasteiger partial charge on any atom is -0.347 e. The number of hydrogen-bond donors (Lipinski definition) is 1. The summed E-state index contributed by atoms with van der Waals surface area (Å²) in [5, 5.41) is 2.86. The first-order valence-electron chi connectivity index (χ1n) is 11.0. The highest BCUT2D eigenvalue weighted by atomic mass is 16.2. The first-order chi connectivity index (χ1) is 12.7. The minimum absolute atomic E-state index is 0.0567. The zero-order valence-corrected chi connectivity index (χ0v) is 16.4. The van der Waals surface area contributed by atoms with Crippen LogP contribution in [0.3, 0.4) is 0 Å². The maximum absolute atomic E-state index is 12.4. The summed E-state index contributed by atoms with van der Waals surface area (Å²) in [4.78, 5) is 28.9. The van der Waals surface area contributed by atoms with Crippen LogP contribution in [0.1, 0.15) is 70.6 Å². The van der Waals surface area contributed by atoms with Gasteiger partial charge >= 0.3 is 0 Å². The lowest BCUT2D eigenvalue weighted by Crippen LogP contribution is -2.52. The molecule has 0 aromatic rings. The molecule has 148 valence electrons. The highest BCUT2D eigenvalue weighted by Crippen LogP contribution is 2.26. The Balaban J connectivity index is 1.29. The van der Waals surface area contributed by atoms with Crippen LogP contribution in [0.15, 0.2) is 0 Å². The molecular formula is C21H37N3O2. The van der Waals surface area contributed by atoms with Gasteiger partial charge in [-0.25, -0.2) is 0 Å². The third-order valence-electron chi connectivity index (χ3n) is 6.60. The van der Waals surface area contributed by atoms with Crippen molar-refractivity contribution in [3.63, 3.8) is 0 Å². The van der Waals surface area contributed by atoms with Crippen molar-refractivity contribution in [2.45, 2.75) is 70.6 Å². The highest BCUT2D eigenvalue weighted by Gasteiger charge is 2.24. The molecule has 1 aliphatic heterocycles. The lowest BCUT2D eigenvalue weighted by molar-refractivity contribution is -0.134. The van der Waals surface area contributed by atoms with Crippen molar-refractivity contribution in [2.24, 2.45) is 11.8 Å². The van der Waals surface area contributed by atoms with Crippen LogP contribution in [0.5, 0.6) is 0 Å². The number of carbonyl (C=O) groups excluding carboxylic acids is 2. The van der Waals surface area contributed by atoms with Crippen molar-refractivity contribution in [2.75, 3.05) is 39.3 Å². The maximum Gasteiger partial charge on any atom is 0.242 e. The minimum atomic E-state index is 0.0567. The van der Waals surface area contributed by atoms with Crippen LogP contribution in [-0.2, 0) is 9.59 Å². The summed E-state index contributed by atoms with van der Waals surface area (Å²) < 4.78 is 0. The van der Waals surface area contributed by atoms with Gasteiger partial charge < -0.3 is 10.2 Å². The van der Waals surface area contributed by atoms with E-state index in [0.29, 0.717) is 12.3 Å². The van der Waals surface area contributed by atoms with E-state index in [2.05, 4.69) is 10.2 Å². The van der Waals surface area contributed by atoms with E-state index in [-0.39, 0.29) is 18.4 Å². The molecule has 1 heterocycles. The van der Waals surface area contributed by atoms with Crippen LogP contribution in [0, 0.1) is 11.8 Å². The fourth-order valence-electron chi connectivity index (χ4n) is 4.93. The zero-order chi connectivity index (χ0) is 18.2. The molecule has 5 heteroatoms. The van der Waals surface area contributed by atoms with E-state index in [1.807, 2.05) is 4.90 Å². The van der Waals surface area contributed by atoms with Crippen LogP contribution < -0.4 is 5.32 Å². The topological polar surface area (TPSA) is 52.7 Å². The van der Waals surface area contributed by atoms with Crippen molar-refractivity contribution in [1.29, 1.82) is 0 Å². The van der Waals surface area contributed by atoms with E-state index in [4.69, 9.17) is 0 Å². The van der Waals surface area contributed by atoms with Crippen LogP contribution in [0.2, 0.25) is 0 Å². The van der Waals surface area contributed by atoms with Crippen LogP contribution >= 0.6 is 0 Å². The number of nitrogens with zero attached hydrogens (tertiary/aromatic N) is 2. The van der Waals surface area contributed by atoms with Crippen LogP contribution in [0.25, 0.3) is 0 Å². The van der Waals surface area contributed by atoms with E-state index in [9.17, 15) is 9.59 Å². The Hall–Kier alpha value is -1.10. The molecule has 3 aliphatic rings. The number of hydrogen-bond acceptors (Lipinski definition) is 3. The SMILES string of the molecule is O=C(CC1CCCCC1)NCC(=O)N1CCN(CC2CCCCC2)CC1. The van der Waals surface area contributed by atoms with Gasteiger partial charge in [-0.05, 0) is 37.5 Å². The van der Waals surface area contributed by atoms with E-state index >= 15 is 0 Å². The summed E-state index contributed by atoms with van der Waals surface area (Å²) in [7, 11) is 0. The van der Waals surface area contributed by atoms with Gasteiger partial charge in [0.15, 0.2) is 0 Å². The van der Waals surface area contributed by atoms with Gasteiger partial charge in [0.25, 0.3) is 0 Å². The summed E-state index contributed by atoms with van der Waals surface area (Å²) in [5.74, 6) is 1.53. The van der Waals surface area contributed by atoms with Gasteiger partial charge in [-0.1, -0.05) is 38.5 Å². The molecule has 2 amide bonds. The van der Waals surface area contributed by atoms with Gasteiger partial charge in [0.05, 0.1) is 6.54 Å². The molecule has 0 unspecified atom stereocenters. The van der Waals surface area contributed by atoms with E-state index < -0.39 is 0 Å². The second-order valence-corrected chi connectivity index (χ2v) is 8.67. The molecule has 0 atom stereocenters. The lowest BCUT2D eigenvalue weighted by atomic mass is 9.87. The van der Waals surface area contributed by atoms with E-state index in [1.165, 1.54) is 70.8 Å². The molecule has 0 aromatic heterocycles. The first-order valence-corrected chi connectivity index (χ1v) is 11.0. The Morgan fingerprint density at radius 3 is 1.96 bits per heavy atom. The second kappa shape index (κ2) is 10.3. The van der Waals surface area contributed by atoms with Crippen molar-refractivity contribution in [1.82, 2.24) is 15.1 Å². The van der Waals surface area contributed by atoms with E-state index in [0.717, 1.165) is 32.1 Å². The van der Waals surface area contributed by atoms with Crippen molar-refractivity contribution < 1.29 is 9.59 Å². The fourth-order valence-corrected chi connectivity index (χ4v) is 4.93. The third kappa shape index (κ3) is 6.26. The van der Waals surface area contributed by atoms with Gasteiger partial charge in [0.1, 0.15) is 0 Å². The average Bonchev–Trinajstić information content (AvgIpc) is 2.68. The molecular weight excluding hydrogens is 326 g/mol. The Bertz CT molecular complexity index is 448. The molecule has 0 radical (unpaired) electrons. The highest BCUT2D eigenvalue weighted by molar-refractivity contribution is 5.84. The smallest absolute Gasteiger partial charge is 0.242 e. The van der Waals surface area contributed by atoms with Gasteiger partial charge in [-0.15, -0.1) is 0 Å². The quantitative estimate of drug-likeness (QED) is 0.789. The number of piperazine rings is 1. The summed E-state index contributed by atoms with van der Waals surface area (Å²) in [6, 6.07) is 0. The van der Waals surface area contributed by atoms with Gasteiger partial charge in [0, 0.05) is 39.1 Å². The largest absolute Gasteiger partial charge is 0.347 e. The molecule has 5 nitrogen and oxygen atoms in total. The summed E-state index contributed by atoms with van der Waals surface area (Å²) in [6.45, 7) is 4.97. The van der Waals surface area contributed by atoms with Crippen molar-refractivity contribution in [3.05, 3.63) is 0 Å². The summed E-state index contributed by atoms with van der Waals surface area (Å²) in [6.07, 6.45) is 13.7. The number of nitrogens with one attached hydrogen (secondary N) is 1. The molecule has 0 spiro atoms. The first kappa shape index (κ1) is 19.7. The monoisotopic (exact) mass is 363 g/mol. The molecule has 3 fully saturated rings. The zero-order valence-electron chi connectivity index (χ0n) is 16.4. The summed E-state index contributed by atoms with van der Waals surface area (Å²) >= 11 is 0. The molecule has 0 bridgehead atoms. The third-order valence-corrected chi connectivity index (χ3v) is 6.60. The maximum atomic E-state index is 12.4. The molecule has 0 aromatic carbocycles. The summed E-state index contributed by atoms with van der Waals surface area (Å²) in [5.41, 5.74) is 0. The van der Waals surface area contributed by atoms with Crippen molar-refractivity contribution >= 4 is 11.8 Å². The standard InChI is InChI=1S/C21H37N3O2/c25-20(15-18-7-3-1-4-8-18)22-16-21(26)24-13-11-23(12-14-24)17-19-9-5-2-6-10-19/h18-19H,1-17H2,(H,22,25). The Morgan fingerprint density at radius 2 is 1.35 bits per heavy atom. The number of carbonyl (C=O) groups is 2. The normalized spacial score (nSPS) is 23.8. The molecule has 1 saturated heterocycles. The molecule has 2 saturated carbocycles. The Labute approximate surface area is 158 Å². The van der Waals surface area contributed by atoms with Gasteiger partial charge in [0.2, 0.25) is 11.8 Å². The lowest BCUT2D eigenvalue weighted by Gasteiger charge is -2.37. The van der Waals surface area contributed by atoms with E-state index in [1.54, 1.807) is 0 Å². The van der Waals surface area contributed by atoms with Gasteiger partial charge in [-0.2, -0.15) is 0 Å². The van der Waals surface area contributed by atoms with Crippen LogP contribution in [-0.4, -0.2) is 60.9 Å². The predicted octanol–water partition coefficient (Wildman–Crippen LogP) is 2.80. The number of amides is 2. The molecule has 1 N–H and O–H groups in total. The second-order valence-electron chi connectivity index (χ2n) is 8.67. The number of rotatable bonds is 6. The Kier molecular flexibility index (Phi) is 7.78. The molecule has 26 heavy (non-hydrogen) atoms. The predicted molar refractivity (Wildman–Crippen MR) is 104 cm³/mol. The Morgan fingerprint density at radius 1 is 0.769 bits per heavy atom. The van der Waals surface area contributed by atoms with Gasteiger partial charge in [-0.3, -0.25) is 14.5 Å². The fraction of sp³-hybridized carbons (Fsp3) is 0.905. The average molecular weight is 364 g/mol. The molecule has 3 rings (SSSR count). The van der Waals surface area contributed by atoms with Crippen molar-refractivity contribution in [3.8, 4) is 0 Å².